The Kier molecular flexibility index (Phi) is 5.07. The fraction of sp³-hybridized carbons (Fsp3) is 0.467. The number of hydrogen-bond acceptors (Lipinski definition) is 3. The van der Waals surface area contributed by atoms with Crippen molar-refractivity contribution in [3.05, 3.63) is 29.3 Å². The third kappa shape index (κ3) is 3.67. The molecule has 1 aromatic rings. The standard InChI is InChI=1S/C15H19ClN2O3/c1-3-13-14(19)17-8-9-18(13)15(20)10(2)21-12-6-4-11(16)5-7-12/h4-7,10,13H,3,8-9H2,1-2H3,(H,17,19). The smallest absolute Gasteiger partial charge is 0.264 e. The van der Waals surface area contributed by atoms with Crippen molar-refractivity contribution in [2.45, 2.75) is 32.4 Å². The first-order valence-corrected chi connectivity index (χ1v) is 7.41. The van der Waals surface area contributed by atoms with Crippen molar-refractivity contribution in [3.63, 3.8) is 0 Å². The Labute approximate surface area is 129 Å². The summed E-state index contributed by atoms with van der Waals surface area (Å²) in [6.07, 6.45) is -0.0586. The number of amides is 2. The lowest BCUT2D eigenvalue weighted by Crippen LogP contribution is -2.59. The maximum Gasteiger partial charge on any atom is 0.264 e. The molecule has 1 aliphatic heterocycles. The number of halogens is 1. The van der Waals surface area contributed by atoms with Crippen LogP contribution in [-0.4, -0.2) is 41.9 Å². The number of carbonyl (C=O) groups excluding carboxylic acids is 2. The summed E-state index contributed by atoms with van der Waals surface area (Å²) in [4.78, 5) is 25.9. The third-order valence-electron chi connectivity index (χ3n) is 3.47. The van der Waals surface area contributed by atoms with E-state index in [2.05, 4.69) is 5.32 Å². The van der Waals surface area contributed by atoms with Gasteiger partial charge in [0.05, 0.1) is 0 Å². The molecule has 2 rings (SSSR count). The van der Waals surface area contributed by atoms with Gasteiger partial charge in [0, 0.05) is 18.1 Å². The van der Waals surface area contributed by atoms with Crippen LogP contribution in [0.15, 0.2) is 24.3 Å². The summed E-state index contributed by atoms with van der Waals surface area (Å²) in [5.41, 5.74) is 0. The number of rotatable bonds is 4. The van der Waals surface area contributed by atoms with E-state index in [0.717, 1.165) is 0 Å². The number of benzene rings is 1. The largest absolute Gasteiger partial charge is 0.481 e. The summed E-state index contributed by atoms with van der Waals surface area (Å²) in [6.45, 7) is 4.57. The fourth-order valence-corrected chi connectivity index (χ4v) is 2.51. The molecule has 1 heterocycles. The van der Waals surface area contributed by atoms with Crippen molar-refractivity contribution in [2.75, 3.05) is 13.1 Å². The maximum atomic E-state index is 12.5. The quantitative estimate of drug-likeness (QED) is 0.923. The molecule has 1 aromatic carbocycles. The van der Waals surface area contributed by atoms with Gasteiger partial charge in [0.1, 0.15) is 11.8 Å². The van der Waals surface area contributed by atoms with E-state index in [0.29, 0.717) is 30.3 Å². The molecule has 0 radical (unpaired) electrons. The van der Waals surface area contributed by atoms with Crippen LogP contribution in [0.2, 0.25) is 5.02 Å². The van der Waals surface area contributed by atoms with Gasteiger partial charge in [-0.1, -0.05) is 18.5 Å². The average molecular weight is 311 g/mol. The minimum absolute atomic E-state index is 0.101. The predicted octanol–water partition coefficient (Wildman–Crippen LogP) is 1.84. The molecule has 21 heavy (non-hydrogen) atoms. The lowest BCUT2D eigenvalue weighted by molar-refractivity contribution is -0.148. The average Bonchev–Trinajstić information content (AvgIpc) is 2.48. The normalized spacial score (nSPS) is 19.9. The highest BCUT2D eigenvalue weighted by atomic mass is 35.5. The second-order valence-corrected chi connectivity index (χ2v) is 5.40. The van der Waals surface area contributed by atoms with Crippen molar-refractivity contribution in [1.82, 2.24) is 10.2 Å². The molecule has 2 atom stereocenters. The molecule has 0 saturated carbocycles. The summed E-state index contributed by atoms with van der Waals surface area (Å²) in [5.74, 6) is 0.303. The zero-order chi connectivity index (χ0) is 15.4. The van der Waals surface area contributed by atoms with Gasteiger partial charge in [-0.05, 0) is 37.6 Å². The summed E-state index contributed by atoms with van der Waals surface area (Å²) >= 11 is 5.81. The van der Waals surface area contributed by atoms with E-state index < -0.39 is 12.1 Å². The lowest BCUT2D eigenvalue weighted by atomic mass is 10.1. The Morgan fingerprint density at radius 1 is 1.48 bits per heavy atom. The highest BCUT2D eigenvalue weighted by Crippen LogP contribution is 2.18. The molecule has 1 aliphatic rings. The van der Waals surface area contributed by atoms with Crippen molar-refractivity contribution in [3.8, 4) is 5.75 Å². The van der Waals surface area contributed by atoms with Gasteiger partial charge < -0.3 is 15.0 Å². The van der Waals surface area contributed by atoms with Crippen molar-refractivity contribution >= 4 is 23.4 Å². The van der Waals surface area contributed by atoms with Gasteiger partial charge in [-0.25, -0.2) is 0 Å². The summed E-state index contributed by atoms with van der Waals surface area (Å²) in [7, 11) is 0. The monoisotopic (exact) mass is 310 g/mol. The molecule has 2 amide bonds. The molecule has 6 heteroatoms. The van der Waals surface area contributed by atoms with Crippen LogP contribution in [0.5, 0.6) is 5.75 Å². The van der Waals surface area contributed by atoms with E-state index in [4.69, 9.17) is 16.3 Å². The molecule has 0 spiro atoms. The molecule has 0 bridgehead atoms. The summed E-state index contributed by atoms with van der Waals surface area (Å²) in [5, 5.41) is 3.39. The van der Waals surface area contributed by atoms with Crippen LogP contribution in [0.4, 0.5) is 0 Å². The zero-order valence-corrected chi connectivity index (χ0v) is 12.9. The molecule has 2 unspecified atom stereocenters. The molecular formula is C15H19ClN2O3. The highest BCUT2D eigenvalue weighted by Gasteiger charge is 2.34. The maximum absolute atomic E-state index is 12.5. The van der Waals surface area contributed by atoms with Crippen molar-refractivity contribution in [1.29, 1.82) is 0 Å². The van der Waals surface area contributed by atoms with Crippen LogP contribution in [0.3, 0.4) is 0 Å². The van der Waals surface area contributed by atoms with Gasteiger partial charge in [-0.2, -0.15) is 0 Å². The van der Waals surface area contributed by atoms with Gasteiger partial charge in [0.15, 0.2) is 6.10 Å². The Morgan fingerprint density at radius 3 is 2.76 bits per heavy atom. The van der Waals surface area contributed by atoms with Gasteiger partial charge in [-0.15, -0.1) is 0 Å². The molecule has 5 nitrogen and oxygen atoms in total. The summed E-state index contributed by atoms with van der Waals surface area (Å²) < 4.78 is 5.63. The van der Waals surface area contributed by atoms with Gasteiger partial charge in [0.2, 0.25) is 5.91 Å². The Balaban J connectivity index is 2.04. The van der Waals surface area contributed by atoms with Gasteiger partial charge in [0.25, 0.3) is 5.91 Å². The second-order valence-electron chi connectivity index (χ2n) is 4.96. The minimum atomic E-state index is -0.647. The molecule has 1 saturated heterocycles. The predicted molar refractivity (Wildman–Crippen MR) is 80.3 cm³/mol. The molecule has 1 N–H and O–H groups in total. The van der Waals surface area contributed by atoms with Crippen LogP contribution in [-0.2, 0) is 9.59 Å². The number of hydrogen-bond donors (Lipinski definition) is 1. The number of piperazine rings is 1. The number of nitrogens with one attached hydrogen (secondary N) is 1. The number of carbonyl (C=O) groups is 2. The van der Waals surface area contributed by atoms with Gasteiger partial charge >= 0.3 is 0 Å². The van der Waals surface area contributed by atoms with E-state index in [-0.39, 0.29) is 11.8 Å². The molecule has 1 fully saturated rings. The van der Waals surface area contributed by atoms with Crippen LogP contribution < -0.4 is 10.1 Å². The first-order valence-electron chi connectivity index (χ1n) is 7.03. The SMILES string of the molecule is CCC1C(=O)NCCN1C(=O)C(C)Oc1ccc(Cl)cc1. The first kappa shape index (κ1) is 15.6. The van der Waals surface area contributed by atoms with E-state index in [1.807, 2.05) is 6.92 Å². The Bertz CT molecular complexity index is 518. The van der Waals surface area contributed by atoms with E-state index in [1.54, 1.807) is 36.1 Å². The lowest BCUT2D eigenvalue weighted by Gasteiger charge is -2.35. The van der Waals surface area contributed by atoms with Crippen LogP contribution in [0.1, 0.15) is 20.3 Å². The van der Waals surface area contributed by atoms with Crippen LogP contribution in [0, 0.1) is 0 Å². The van der Waals surface area contributed by atoms with Crippen molar-refractivity contribution in [2.24, 2.45) is 0 Å². The molecule has 0 aliphatic carbocycles. The topological polar surface area (TPSA) is 58.6 Å². The zero-order valence-electron chi connectivity index (χ0n) is 12.1. The summed E-state index contributed by atoms with van der Waals surface area (Å²) in [6, 6.07) is 6.43. The molecular weight excluding hydrogens is 292 g/mol. The van der Waals surface area contributed by atoms with Gasteiger partial charge in [-0.3, -0.25) is 9.59 Å². The van der Waals surface area contributed by atoms with E-state index in [1.165, 1.54) is 0 Å². The third-order valence-corrected chi connectivity index (χ3v) is 3.73. The van der Waals surface area contributed by atoms with Crippen molar-refractivity contribution < 1.29 is 14.3 Å². The highest BCUT2D eigenvalue weighted by molar-refractivity contribution is 6.30. The first-order chi connectivity index (χ1) is 10.0. The number of nitrogens with zero attached hydrogens (tertiary/aromatic N) is 1. The number of ether oxygens (including phenoxy) is 1. The van der Waals surface area contributed by atoms with Crippen LogP contribution in [0.25, 0.3) is 0 Å². The fourth-order valence-electron chi connectivity index (χ4n) is 2.39. The minimum Gasteiger partial charge on any atom is -0.481 e. The Morgan fingerprint density at radius 2 is 2.14 bits per heavy atom. The molecule has 114 valence electrons. The second kappa shape index (κ2) is 6.80. The Hall–Kier alpha value is -1.75. The van der Waals surface area contributed by atoms with E-state index in [9.17, 15) is 9.59 Å². The molecule has 0 aromatic heterocycles. The van der Waals surface area contributed by atoms with E-state index >= 15 is 0 Å². The van der Waals surface area contributed by atoms with Crippen LogP contribution >= 0.6 is 11.6 Å².